The molecule has 0 unspecified atom stereocenters. The quantitative estimate of drug-likeness (QED) is 0.487. The van der Waals surface area contributed by atoms with E-state index >= 15 is 0 Å². The van der Waals surface area contributed by atoms with Crippen LogP contribution in [0.4, 0.5) is 5.69 Å². The zero-order chi connectivity index (χ0) is 8.10. The SMILES string of the molecule is O=COc1ccc(N=O)cc1. The normalized spacial score (nSPS) is 8.73. The highest BCUT2D eigenvalue weighted by Gasteiger charge is 1.92. The number of benzene rings is 1. The second-order valence-corrected chi connectivity index (χ2v) is 1.80. The lowest BCUT2D eigenvalue weighted by Gasteiger charge is -1.94. The molecule has 1 aromatic carbocycles. The van der Waals surface area contributed by atoms with Gasteiger partial charge in [0.1, 0.15) is 11.4 Å². The van der Waals surface area contributed by atoms with Gasteiger partial charge in [0.25, 0.3) is 6.47 Å². The number of carbonyl (C=O) groups is 1. The summed E-state index contributed by atoms with van der Waals surface area (Å²) in [6, 6.07) is 5.91. The van der Waals surface area contributed by atoms with Crippen LogP contribution in [-0.4, -0.2) is 6.47 Å². The van der Waals surface area contributed by atoms with Gasteiger partial charge in [0.2, 0.25) is 0 Å². The summed E-state index contributed by atoms with van der Waals surface area (Å²) in [4.78, 5) is 19.7. The molecule has 0 fully saturated rings. The van der Waals surface area contributed by atoms with Crippen LogP contribution in [0, 0.1) is 4.91 Å². The molecule has 0 N–H and O–H groups in total. The summed E-state index contributed by atoms with van der Waals surface area (Å²) in [6.07, 6.45) is 0. The zero-order valence-electron chi connectivity index (χ0n) is 5.56. The summed E-state index contributed by atoms with van der Waals surface area (Å²) < 4.78 is 4.48. The highest BCUT2D eigenvalue weighted by molar-refractivity contribution is 5.48. The Labute approximate surface area is 62.8 Å². The molecule has 1 rings (SSSR count). The second-order valence-electron chi connectivity index (χ2n) is 1.80. The van der Waals surface area contributed by atoms with Crippen LogP contribution >= 0.6 is 0 Å². The molecule has 0 saturated carbocycles. The van der Waals surface area contributed by atoms with Crippen LogP contribution in [-0.2, 0) is 4.79 Å². The number of rotatable bonds is 3. The van der Waals surface area contributed by atoms with Gasteiger partial charge in [-0.25, -0.2) is 0 Å². The Balaban J connectivity index is 2.81. The summed E-state index contributed by atoms with van der Waals surface area (Å²) in [5.41, 5.74) is 0.309. The van der Waals surface area contributed by atoms with Crippen LogP contribution in [0.25, 0.3) is 0 Å². The van der Waals surface area contributed by atoms with Crippen LogP contribution in [0.15, 0.2) is 29.4 Å². The molecule has 0 amide bonds. The number of nitrogens with zero attached hydrogens (tertiary/aromatic N) is 1. The lowest BCUT2D eigenvalue weighted by Crippen LogP contribution is -1.86. The molecule has 4 nitrogen and oxygen atoms in total. The van der Waals surface area contributed by atoms with Crippen molar-refractivity contribution in [1.29, 1.82) is 0 Å². The van der Waals surface area contributed by atoms with Crippen molar-refractivity contribution in [3.8, 4) is 5.75 Å². The van der Waals surface area contributed by atoms with Crippen LogP contribution in [0.3, 0.4) is 0 Å². The van der Waals surface area contributed by atoms with Crippen LogP contribution in [0.2, 0.25) is 0 Å². The first kappa shape index (κ1) is 7.40. The van der Waals surface area contributed by atoms with E-state index in [0.717, 1.165) is 0 Å². The molecule has 4 heteroatoms. The van der Waals surface area contributed by atoms with Crippen LogP contribution < -0.4 is 4.74 Å². The van der Waals surface area contributed by atoms with E-state index in [1.807, 2.05) is 0 Å². The second kappa shape index (κ2) is 3.46. The van der Waals surface area contributed by atoms with Gasteiger partial charge in [-0.3, -0.25) is 4.79 Å². The zero-order valence-corrected chi connectivity index (χ0v) is 5.56. The Morgan fingerprint density at radius 3 is 2.36 bits per heavy atom. The lowest BCUT2D eigenvalue weighted by molar-refractivity contribution is -0.120. The largest absolute Gasteiger partial charge is 0.429 e. The Morgan fingerprint density at radius 1 is 1.27 bits per heavy atom. The predicted octanol–water partition coefficient (Wildman–Crippen LogP) is 1.62. The molecule has 1 aromatic rings. The van der Waals surface area contributed by atoms with Gasteiger partial charge in [-0.05, 0) is 29.4 Å². The van der Waals surface area contributed by atoms with E-state index in [9.17, 15) is 9.70 Å². The third-order valence-corrected chi connectivity index (χ3v) is 1.13. The number of ether oxygens (including phenoxy) is 1. The van der Waals surface area contributed by atoms with Gasteiger partial charge in [0.05, 0.1) is 0 Å². The van der Waals surface area contributed by atoms with Gasteiger partial charge in [-0.15, -0.1) is 4.91 Å². The minimum atomic E-state index is 0.309. The summed E-state index contributed by atoms with van der Waals surface area (Å²) in [6.45, 7) is 0.323. The molecule has 0 aromatic heterocycles. The lowest BCUT2D eigenvalue weighted by atomic mass is 10.3. The first-order valence-corrected chi connectivity index (χ1v) is 2.90. The molecule has 0 radical (unpaired) electrons. The average molecular weight is 151 g/mol. The maximum Gasteiger partial charge on any atom is 0.298 e. The van der Waals surface area contributed by atoms with E-state index in [-0.39, 0.29) is 0 Å². The number of nitroso groups, excluding NO2 is 1. The van der Waals surface area contributed by atoms with Gasteiger partial charge >= 0.3 is 0 Å². The van der Waals surface area contributed by atoms with Gasteiger partial charge in [0.15, 0.2) is 0 Å². The molecule has 11 heavy (non-hydrogen) atoms. The molecular formula is C7H5NO3. The van der Waals surface area contributed by atoms with E-state index in [0.29, 0.717) is 17.9 Å². The molecule has 56 valence electrons. The Kier molecular flexibility index (Phi) is 2.32. The topological polar surface area (TPSA) is 55.7 Å². The maximum atomic E-state index is 9.92. The minimum absolute atomic E-state index is 0.309. The molecule has 0 saturated heterocycles. The Bertz CT molecular complexity index is 255. The van der Waals surface area contributed by atoms with Crippen molar-refractivity contribution in [1.82, 2.24) is 0 Å². The van der Waals surface area contributed by atoms with Gasteiger partial charge in [-0.1, -0.05) is 0 Å². The van der Waals surface area contributed by atoms with Crippen LogP contribution in [0.5, 0.6) is 5.75 Å². The third-order valence-electron chi connectivity index (χ3n) is 1.13. The molecule has 0 spiro atoms. The predicted molar refractivity (Wildman–Crippen MR) is 38.6 cm³/mol. The maximum absolute atomic E-state index is 9.92. The van der Waals surface area contributed by atoms with E-state index in [2.05, 4.69) is 9.91 Å². The van der Waals surface area contributed by atoms with Crippen molar-refractivity contribution in [3.05, 3.63) is 29.2 Å². The first-order chi connectivity index (χ1) is 5.36. The van der Waals surface area contributed by atoms with E-state index in [4.69, 9.17) is 0 Å². The summed E-state index contributed by atoms with van der Waals surface area (Å²) in [7, 11) is 0. The monoisotopic (exact) mass is 151 g/mol. The van der Waals surface area contributed by atoms with Crippen LogP contribution in [0.1, 0.15) is 0 Å². The average Bonchev–Trinajstić information content (AvgIpc) is 2.07. The highest BCUT2D eigenvalue weighted by atomic mass is 16.5. The molecule has 0 bridgehead atoms. The van der Waals surface area contributed by atoms with Crippen molar-refractivity contribution >= 4 is 12.2 Å². The van der Waals surface area contributed by atoms with Crippen molar-refractivity contribution in [2.75, 3.05) is 0 Å². The number of hydrogen-bond donors (Lipinski definition) is 0. The van der Waals surface area contributed by atoms with Crippen molar-refractivity contribution in [2.24, 2.45) is 5.18 Å². The Morgan fingerprint density at radius 2 is 1.91 bits per heavy atom. The molecule has 0 aliphatic rings. The van der Waals surface area contributed by atoms with Gasteiger partial charge in [-0.2, -0.15) is 0 Å². The molecule has 0 aliphatic heterocycles. The van der Waals surface area contributed by atoms with Gasteiger partial charge < -0.3 is 4.74 Å². The molecule has 0 aliphatic carbocycles. The summed E-state index contributed by atoms with van der Waals surface area (Å²) in [5, 5.41) is 2.68. The molecule has 0 heterocycles. The van der Waals surface area contributed by atoms with E-state index in [1.165, 1.54) is 24.3 Å². The van der Waals surface area contributed by atoms with E-state index < -0.39 is 0 Å². The minimum Gasteiger partial charge on any atom is -0.429 e. The highest BCUT2D eigenvalue weighted by Crippen LogP contribution is 2.16. The fraction of sp³-hybridized carbons (Fsp3) is 0. The van der Waals surface area contributed by atoms with Crippen molar-refractivity contribution in [2.45, 2.75) is 0 Å². The number of hydrogen-bond acceptors (Lipinski definition) is 4. The van der Waals surface area contributed by atoms with Crippen molar-refractivity contribution < 1.29 is 9.53 Å². The summed E-state index contributed by atoms with van der Waals surface area (Å²) in [5.74, 6) is 0.396. The molecular weight excluding hydrogens is 146 g/mol. The molecule has 0 atom stereocenters. The fourth-order valence-electron chi connectivity index (χ4n) is 0.641. The third kappa shape index (κ3) is 1.86. The standard InChI is InChI=1S/C7H5NO3/c9-5-11-7-3-1-6(8-10)2-4-7/h1-5H. The fourth-order valence-corrected chi connectivity index (χ4v) is 0.641. The first-order valence-electron chi connectivity index (χ1n) is 2.90. The summed E-state index contributed by atoms with van der Waals surface area (Å²) >= 11 is 0. The van der Waals surface area contributed by atoms with Gasteiger partial charge in [0, 0.05) is 0 Å². The van der Waals surface area contributed by atoms with Crippen molar-refractivity contribution in [3.63, 3.8) is 0 Å². The van der Waals surface area contributed by atoms with E-state index in [1.54, 1.807) is 0 Å². The Hall–Kier alpha value is -1.71. The smallest absolute Gasteiger partial charge is 0.298 e. The number of carbonyl (C=O) groups excluding carboxylic acids is 1.